The van der Waals surface area contributed by atoms with Crippen molar-refractivity contribution in [2.45, 2.75) is 84.3 Å². The Morgan fingerprint density at radius 1 is 1.07 bits per heavy atom. The van der Waals surface area contributed by atoms with Gasteiger partial charge in [-0.3, -0.25) is 4.79 Å². The number of nitrogen functional groups attached to an aromatic ring is 2. The Kier molecular flexibility index (Phi) is 6.46. The van der Waals surface area contributed by atoms with Crippen molar-refractivity contribution in [3.63, 3.8) is 0 Å². The van der Waals surface area contributed by atoms with Crippen molar-refractivity contribution in [3.8, 4) is 17.7 Å². The Labute approximate surface area is 253 Å². The number of benzene rings is 1. The van der Waals surface area contributed by atoms with Crippen LogP contribution in [0, 0.1) is 45.8 Å². The summed E-state index contributed by atoms with van der Waals surface area (Å²) in [4.78, 5) is 16.5. The molecule has 2 aromatic rings. The summed E-state index contributed by atoms with van der Waals surface area (Å²) in [6.07, 6.45) is 8.20. The number of aromatic nitrogens is 1. The number of methoxy groups -OCH3 is 1. The summed E-state index contributed by atoms with van der Waals surface area (Å²) in [6, 6.07) is 10.2. The molecule has 8 nitrogen and oxygen atoms in total. The van der Waals surface area contributed by atoms with E-state index >= 15 is 0 Å². The van der Waals surface area contributed by atoms with E-state index < -0.39 is 0 Å². The number of hydrogen-bond donors (Lipinski definition) is 2. The molecule has 3 fully saturated rings. The van der Waals surface area contributed by atoms with Crippen molar-refractivity contribution in [2.75, 3.05) is 18.6 Å². The molecule has 8 heteroatoms. The molecular weight excluding hydrogens is 540 g/mol. The van der Waals surface area contributed by atoms with Crippen LogP contribution in [0.2, 0.25) is 0 Å². The summed E-state index contributed by atoms with van der Waals surface area (Å²) < 4.78 is 18.0. The molecule has 4 aliphatic carbocycles. The predicted octanol–water partition coefficient (Wildman–Crippen LogP) is 6.60. The number of fused-ring (bicyclic) bond motifs is 7. The molecule has 4 N–H and O–H groups in total. The van der Waals surface area contributed by atoms with E-state index in [1.807, 2.05) is 12.1 Å². The monoisotopic (exact) mass is 582 g/mol. The second kappa shape index (κ2) is 9.90. The average Bonchev–Trinajstić information content (AvgIpc) is 3.31. The highest BCUT2D eigenvalue weighted by Gasteiger charge is 2.61. The van der Waals surface area contributed by atoms with Gasteiger partial charge in [-0.15, -0.1) is 0 Å². The highest BCUT2D eigenvalue weighted by molar-refractivity contribution is 5.87. The summed E-state index contributed by atoms with van der Waals surface area (Å²) in [5, 5.41) is 9.85. The van der Waals surface area contributed by atoms with Gasteiger partial charge in [0.25, 0.3) is 0 Å². The van der Waals surface area contributed by atoms with Crippen molar-refractivity contribution in [2.24, 2.45) is 34.5 Å². The predicted molar refractivity (Wildman–Crippen MR) is 164 cm³/mol. The number of anilines is 2. The SMILES string of the molecule is COc1ccc(C2Oc3nc(N)c(C#N)c(N)c3C3=C2C[C@@]2(C)[C@@H](CC[C@@H]4[C@@H]2CC[C@]2(C)[C@@H](OC(C)=O)CC[C@@H]42)C3)cc1. The first-order valence-corrected chi connectivity index (χ1v) is 15.8. The van der Waals surface area contributed by atoms with Crippen LogP contribution in [-0.4, -0.2) is 24.2 Å². The largest absolute Gasteiger partial charge is 0.497 e. The van der Waals surface area contributed by atoms with Gasteiger partial charge >= 0.3 is 5.97 Å². The number of nitriles is 1. The number of pyridine rings is 1. The maximum Gasteiger partial charge on any atom is 0.302 e. The first kappa shape index (κ1) is 28.1. The zero-order valence-electron chi connectivity index (χ0n) is 25.6. The molecule has 1 aromatic heterocycles. The second-order valence-electron chi connectivity index (χ2n) is 14.1. The topological polar surface area (TPSA) is 133 Å². The van der Waals surface area contributed by atoms with E-state index in [0.717, 1.165) is 61.8 Å². The number of carbonyl (C=O) groups is 1. The van der Waals surface area contributed by atoms with Crippen molar-refractivity contribution in [1.82, 2.24) is 4.98 Å². The van der Waals surface area contributed by atoms with Gasteiger partial charge in [-0.2, -0.15) is 10.2 Å². The van der Waals surface area contributed by atoms with Crippen molar-refractivity contribution in [1.29, 1.82) is 5.26 Å². The van der Waals surface area contributed by atoms with Crippen LogP contribution in [0.3, 0.4) is 0 Å². The van der Waals surface area contributed by atoms with Gasteiger partial charge in [0.1, 0.15) is 35.4 Å². The molecule has 43 heavy (non-hydrogen) atoms. The molecule has 226 valence electrons. The standard InChI is InChI=1S/C35H42N4O4/c1-18(40)42-28-12-11-26-22-10-7-20-15-23-24(16-35(20,3)27(22)13-14-34(26,28)2)31(19-5-8-21(41-4)9-6-19)43-33-29(23)30(37)25(17-36)32(38)39-33/h5-6,8-9,20,22,26-28,31H,7,10-16H2,1-4H3,(H4,37,38,39)/t20-,22-,26-,27-,28-,31?,34-,35-/m0/s1. The van der Waals surface area contributed by atoms with Gasteiger partial charge in [-0.25, -0.2) is 0 Å². The van der Waals surface area contributed by atoms with Crippen LogP contribution in [-0.2, 0) is 9.53 Å². The average molecular weight is 583 g/mol. The second-order valence-corrected chi connectivity index (χ2v) is 14.1. The van der Waals surface area contributed by atoms with Gasteiger partial charge in [0.15, 0.2) is 0 Å². The molecular formula is C35H42N4O4. The summed E-state index contributed by atoms with van der Waals surface area (Å²) in [6.45, 7) is 6.44. The number of carbonyl (C=O) groups excluding carboxylic acids is 1. The molecule has 8 atom stereocenters. The molecule has 5 aliphatic rings. The normalized spacial score (nSPS) is 35.7. The van der Waals surface area contributed by atoms with Crippen LogP contribution in [0.5, 0.6) is 11.6 Å². The molecule has 0 amide bonds. The molecule has 1 aromatic carbocycles. The highest BCUT2D eigenvalue weighted by atomic mass is 16.5. The first-order chi connectivity index (χ1) is 20.6. The van der Waals surface area contributed by atoms with E-state index in [4.69, 9.17) is 25.7 Å². The summed E-state index contributed by atoms with van der Waals surface area (Å²) in [7, 11) is 1.67. The van der Waals surface area contributed by atoms with E-state index in [0.29, 0.717) is 35.2 Å². The highest BCUT2D eigenvalue weighted by Crippen LogP contribution is 2.69. The quantitative estimate of drug-likeness (QED) is 0.387. The zero-order valence-corrected chi connectivity index (χ0v) is 25.6. The molecule has 7 rings (SSSR count). The smallest absolute Gasteiger partial charge is 0.302 e. The number of ether oxygens (including phenoxy) is 3. The Morgan fingerprint density at radius 2 is 1.81 bits per heavy atom. The van der Waals surface area contributed by atoms with Gasteiger partial charge in [0.2, 0.25) is 5.88 Å². The minimum atomic E-state index is -0.320. The molecule has 1 aliphatic heterocycles. The van der Waals surface area contributed by atoms with Crippen LogP contribution in [0.25, 0.3) is 5.57 Å². The summed E-state index contributed by atoms with van der Waals surface area (Å²) in [5.41, 5.74) is 17.8. The van der Waals surface area contributed by atoms with Gasteiger partial charge < -0.3 is 25.7 Å². The van der Waals surface area contributed by atoms with Crippen molar-refractivity contribution >= 4 is 23.0 Å². The Morgan fingerprint density at radius 3 is 2.51 bits per heavy atom. The Hall–Kier alpha value is -3.73. The van der Waals surface area contributed by atoms with Crippen LogP contribution >= 0.6 is 0 Å². The lowest BCUT2D eigenvalue weighted by molar-refractivity contribution is -0.160. The van der Waals surface area contributed by atoms with E-state index in [1.54, 1.807) is 14.0 Å². The zero-order chi connectivity index (χ0) is 30.3. The lowest BCUT2D eigenvalue weighted by Gasteiger charge is -2.61. The summed E-state index contributed by atoms with van der Waals surface area (Å²) >= 11 is 0. The number of esters is 1. The fraction of sp³-hybridized carbons (Fsp3) is 0.571. The number of nitrogens with two attached hydrogens (primary N) is 2. The van der Waals surface area contributed by atoms with Gasteiger partial charge in [-0.05, 0) is 109 Å². The van der Waals surface area contributed by atoms with Gasteiger partial charge in [0, 0.05) is 12.3 Å². The molecule has 0 bridgehead atoms. The fourth-order valence-electron chi connectivity index (χ4n) is 10.2. The van der Waals surface area contributed by atoms with E-state index in [1.165, 1.54) is 17.6 Å². The van der Waals surface area contributed by atoms with Crippen molar-refractivity contribution < 1.29 is 19.0 Å². The maximum atomic E-state index is 11.9. The Balaban J connectivity index is 1.30. The molecule has 2 heterocycles. The summed E-state index contributed by atoms with van der Waals surface area (Å²) in [5.74, 6) is 3.43. The first-order valence-electron chi connectivity index (χ1n) is 15.8. The van der Waals surface area contributed by atoms with Gasteiger partial charge in [0.05, 0.1) is 18.4 Å². The molecule has 0 spiro atoms. The van der Waals surface area contributed by atoms with Gasteiger partial charge in [-0.1, -0.05) is 26.0 Å². The maximum absolute atomic E-state index is 11.9. The lowest BCUT2D eigenvalue weighted by atomic mass is 9.44. The molecule has 0 radical (unpaired) electrons. The third kappa shape index (κ3) is 4.07. The number of allylic oxidation sites excluding steroid dienone is 1. The van der Waals surface area contributed by atoms with Crippen LogP contribution in [0.1, 0.15) is 94.9 Å². The van der Waals surface area contributed by atoms with E-state index in [-0.39, 0.29) is 40.4 Å². The Bertz CT molecular complexity index is 1560. The lowest BCUT2D eigenvalue weighted by Crippen LogP contribution is -2.54. The minimum absolute atomic E-state index is 0.0297. The fourth-order valence-corrected chi connectivity index (χ4v) is 10.2. The number of rotatable bonds is 3. The van der Waals surface area contributed by atoms with E-state index in [2.05, 4.69) is 37.0 Å². The van der Waals surface area contributed by atoms with Crippen LogP contribution < -0.4 is 20.9 Å². The van der Waals surface area contributed by atoms with Crippen LogP contribution in [0.15, 0.2) is 29.8 Å². The molecule has 1 unspecified atom stereocenters. The molecule has 0 saturated heterocycles. The van der Waals surface area contributed by atoms with Crippen molar-refractivity contribution in [3.05, 3.63) is 46.5 Å². The number of hydrogen-bond acceptors (Lipinski definition) is 8. The third-order valence-corrected chi connectivity index (χ3v) is 12.3. The van der Waals surface area contributed by atoms with E-state index in [9.17, 15) is 10.1 Å². The molecule has 3 saturated carbocycles. The minimum Gasteiger partial charge on any atom is -0.497 e. The van der Waals surface area contributed by atoms with Crippen LogP contribution in [0.4, 0.5) is 11.5 Å². The third-order valence-electron chi connectivity index (χ3n) is 12.3. The number of nitrogens with zero attached hydrogens (tertiary/aromatic N) is 2.